The van der Waals surface area contributed by atoms with Crippen molar-refractivity contribution in [3.8, 4) is 0 Å². The van der Waals surface area contributed by atoms with Crippen molar-refractivity contribution in [2.75, 3.05) is 12.3 Å². The highest BCUT2D eigenvalue weighted by molar-refractivity contribution is 5.95. The topological polar surface area (TPSA) is 59.5 Å². The first-order valence-electron chi connectivity index (χ1n) is 6.92. The lowest BCUT2D eigenvalue weighted by Gasteiger charge is -2.29. The average Bonchev–Trinajstić information content (AvgIpc) is 2.94. The molecule has 0 saturated heterocycles. The van der Waals surface area contributed by atoms with E-state index in [1.807, 2.05) is 24.0 Å². The van der Waals surface area contributed by atoms with Gasteiger partial charge in [0, 0.05) is 25.2 Å². The summed E-state index contributed by atoms with van der Waals surface area (Å²) in [6, 6.07) is 7.70. The first kappa shape index (κ1) is 12.8. The molecule has 4 heteroatoms. The number of nitrogen functional groups attached to an aromatic ring is 1. The number of anilines is 1. The SMILES string of the molecule is CCc1occc1C(=O)N1CCc2ccc(N)cc2C1. The maximum Gasteiger partial charge on any atom is 0.257 e. The van der Waals surface area contributed by atoms with Crippen molar-refractivity contribution in [1.82, 2.24) is 4.90 Å². The molecule has 104 valence electrons. The second-order valence-electron chi connectivity index (χ2n) is 5.12. The molecule has 1 aromatic heterocycles. The third kappa shape index (κ3) is 2.18. The molecule has 3 rings (SSSR count). The van der Waals surface area contributed by atoms with Crippen molar-refractivity contribution in [3.05, 3.63) is 53.0 Å². The molecule has 0 spiro atoms. The lowest BCUT2D eigenvalue weighted by Crippen LogP contribution is -2.36. The van der Waals surface area contributed by atoms with Crippen LogP contribution < -0.4 is 5.73 Å². The van der Waals surface area contributed by atoms with Gasteiger partial charge in [-0.2, -0.15) is 0 Å². The van der Waals surface area contributed by atoms with Gasteiger partial charge in [-0.3, -0.25) is 4.79 Å². The number of amides is 1. The third-order valence-electron chi connectivity index (χ3n) is 3.83. The fraction of sp³-hybridized carbons (Fsp3) is 0.312. The predicted octanol–water partition coefficient (Wildman–Crippen LogP) is 2.62. The van der Waals surface area contributed by atoms with Crippen LogP contribution in [0.1, 0.15) is 34.2 Å². The van der Waals surface area contributed by atoms with E-state index in [-0.39, 0.29) is 5.91 Å². The molecule has 0 fully saturated rings. The Morgan fingerprint density at radius 3 is 3.00 bits per heavy atom. The summed E-state index contributed by atoms with van der Waals surface area (Å²) in [5.74, 6) is 0.803. The molecule has 20 heavy (non-hydrogen) atoms. The zero-order chi connectivity index (χ0) is 14.1. The maximum absolute atomic E-state index is 12.6. The molecule has 1 aliphatic heterocycles. The average molecular weight is 270 g/mol. The number of carbonyl (C=O) groups is 1. The molecule has 0 unspecified atom stereocenters. The molecule has 1 aliphatic rings. The van der Waals surface area contributed by atoms with Crippen molar-refractivity contribution in [2.24, 2.45) is 0 Å². The normalized spacial score (nSPS) is 14.2. The number of aryl methyl sites for hydroxylation is 1. The van der Waals surface area contributed by atoms with Crippen LogP contribution in [-0.2, 0) is 19.4 Å². The molecule has 2 aromatic rings. The van der Waals surface area contributed by atoms with Crippen molar-refractivity contribution in [2.45, 2.75) is 26.3 Å². The van der Waals surface area contributed by atoms with Crippen LogP contribution in [0.15, 0.2) is 34.9 Å². The number of nitrogens with zero attached hydrogens (tertiary/aromatic N) is 1. The number of furan rings is 1. The van der Waals surface area contributed by atoms with Crippen LogP contribution in [-0.4, -0.2) is 17.4 Å². The Bertz CT molecular complexity index is 646. The van der Waals surface area contributed by atoms with Crippen molar-refractivity contribution in [1.29, 1.82) is 0 Å². The van der Waals surface area contributed by atoms with Gasteiger partial charge in [0.25, 0.3) is 5.91 Å². The van der Waals surface area contributed by atoms with Gasteiger partial charge in [0.15, 0.2) is 0 Å². The zero-order valence-corrected chi connectivity index (χ0v) is 11.6. The molecule has 2 heterocycles. The Hall–Kier alpha value is -2.23. The fourth-order valence-corrected chi connectivity index (χ4v) is 2.73. The summed E-state index contributed by atoms with van der Waals surface area (Å²) >= 11 is 0. The number of hydrogen-bond donors (Lipinski definition) is 1. The fourth-order valence-electron chi connectivity index (χ4n) is 2.73. The van der Waals surface area contributed by atoms with Crippen LogP contribution >= 0.6 is 0 Å². The Morgan fingerprint density at radius 1 is 1.35 bits per heavy atom. The molecule has 0 saturated carbocycles. The number of rotatable bonds is 2. The predicted molar refractivity (Wildman–Crippen MR) is 77.4 cm³/mol. The van der Waals surface area contributed by atoms with E-state index in [1.165, 1.54) is 5.56 Å². The lowest BCUT2D eigenvalue weighted by molar-refractivity contribution is 0.0732. The van der Waals surface area contributed by atoms with E-state index in [2.05, 4.69) is 6.07 Å². The van der Waals surface area contributed by atoms with Crippen LogP contribution in [0.4, 0.5) is 5.69 Å². The van der Waals surface area contributed by atoms with E-state index in [4.69, 9.17) is 10.2 Å². The van der Waals surface area contributed by atoms with Crippen LogP contribution in [0, 0.1) is 0 Å². The maximum atomic E-state index is 12.6. The zero-order valence-electron chi connectivity index (χ0n) is 11.6. The highest BCUT2D eigenvalue weighted by Crippen LogP contribution is 2.23. The van der Waals surface area contributed by atoms with Gasteiger partial charge < -0.3 is 15.1 Å². The first-order valence-corrected chi connectivity index (χ1v) is 6.92. The highest BCUT2D eigenvalue weighted by Gasteiger charge is 2.24. The van der Waals surface area contributed by atoms with Gasteiger partial charge in [0.1, 0.15) is 5.76 Å². The Labute approximate surface area is 118 Å². The molecular formula is C16H18N2O2. The van der Waals surface area contributed by atoms with Crippen LogP contribution in [0.3, 0.4) is 0 Å². The van der Waals surface area contributed by atoms with Crippen LogP contribution in [0.25, 0.3) is 0 Å². The molecule has 0 aliphatic carbocycles. The van der Waals surface area contributed by atoms with Crippen LogP contribution in [0.5, 0.6) is 0 Å². The second-order valence-corrected chi connectivity index (χ2v) is 5.12. The quantitative estimate of drug-likeness (QED) is 0.853. The van der Waals surface area contributed by atoms with Crippen molar-refractivity contribution in [3.63, 3.8) is 0 Å². The van der Waals surface area contributed by atoms with Gasteiger partial charge in [-0.1, -0.05) is 13.0 Å². The molecule has 0 atom stereocenters. The first-order chi connectivity index (χ1) is 9.69. The minimum absolute atomic E-state index is 0.0451. The van der Waals surface area contributed by atoms with E-state index < -0.39 is 0 Å². The summed E-state index contributed by atoms with van der Waals surface area (Å²) in [5, 5.41) is 0. The number of carbonyl (C=O) groups excluding carboxylic acids is 1. The van der Waals surface area contributed by atoms with Gasteiger partial charge in [-0.25, -0.2) is 0 Å². The summed E-state index contributed by atoms with van der Waals surface area (Å²) in [5.41, 5.74) is 9.68. The summed E-state index contributed by atoms with van der Waals surface area (Å²) in [6.07, 6.45) is 3.19. The van der Waals surface area contributed by atoms with E-state index in [0.717, 1.165) is 36.4 Å². The minimum Gasteiger partial charge on any atom is -0.469 e. The summed E-state index contributed by atoms with van der Waals surface area (Å²) < 4.78 is 5.35. The molecule has 1 amide bonds. The molecule has 0 radical (unpaired) electrons. The van der Waals surface area contributed by atoms with E-state index in [9.17, 15) is 4.79 Å². The summed E-state index contributed by atoms with van der Waals surface area (Å²) in [6.45, 7) is 3.35. The Kier molecular flexibility index (Phi) is 3.22. The van der Waals surface area contributed by atoms with Crippen molar-refractivity contribution < 1.29 is 9.21 Å². The van der Waals surface area contributed by atoms with Crippen molar-refractivity contribution >= 4 is 11.6 Å². The number of benzene rings is 1. The monoisotopic (exact) mass is 270 g/mol. The summed E-state index contributed by atoms with van der Waals surface area (Å²) in [7, 11) is 0. The van der Waals surface area contributed by atoms with E-state index >= 15 is 0 Å². The van der Waals surface area contributed by atoms with Gasteiger partial charge in [-0.05, 0) is 35.7 Å². The molecule has 2 N–H and O–H groups in total. The van der Waals surface area contributed by atoms with Gasteiger partial charge in [-0.15, -0.1) is 0 Å². The minimum atomic E-state index is 0.0451. The lowest BCUT2D eigenvalue weighted by atomic mass is 9.98. The van der Waals surface area contributed by atoms with Crippen LogP contribution in [0.2, 0.25) is 0 Å². The number of fused-ring (bicyclic) bond motifs is 1. The number of hydrogen-bond acceptors (Lipinski definition) is 3. The Morgan fingerprint density at radius 2 is 2.20 bits per heavy atom. The smallest absolute Gasteiger partial charge is 0.257 e. The second kappa shape index (κ2) is 5.04. The number of nitrogens with two attached hydrogens (primary N) is 1. The van der Waals surface area contributed by atoms with Gasteiger partial charge in [0.05, 0.1) is 11.8 Å². The van der Waals surface area contributed by atoms with E-state index in [0.29, 0.717) is 12.1 Å². The largest absolute Gasteiger partial charge is 0.469 e. The Balaban J connectivity index is 1.85. The molecule has 4 nitrogen and oxygen atoms in total. The van der Waals surface area contributed by atoms with E-state index in [1.54, 1.807) is 12.3 Å². The molecule has 0 bridgehead atoms. The summed E-state index contributed by atoms with van der Waals surface area (Å²) in [4.78, 5) is 14.4. The molecular weight excluding hydrogens is 252 g/mol. The standard InChI is InChI=1S/C16H18N2O2/c1-2-15-14(6-8-20-15)16(19)18-7-5-11-3-4-13(17)9-12(11)10-18/h3-4,6,8-9H,2,5,7,10,17H2,1H3. The highest BCUT2D eigenvalue weighted by atomic mass is 16.3. The van der Waals surface area contributed by atoms with Gasteiger partial charge in [0.2, 0.25) is 0 Å². The third-order valence-corrected chi connectivity index (χ3v) is 3.83. The molecule has 1 aromatic carbocycles. The van der Waals surface area contributed by atoms with Gasteiger partial charge >= 0.3 is 0 Å².